The minimum atomic E-state index is -1.19. The molecule has 4 heterocycles. The van der Waals surface area contributed by atoms with E-state index in [2.05, 4.69) is 54.7 Å². The van der Waals surface area contributed by atoms with Gasteiger partial charge in [0.15, 0.2) is 5.82 Å². The maximum Gasteiger partial charge on any atom is 0.350 e. The van der Waals surface area contributed by atoms with E-state index >= 15 is 0 Å². The third-order valence-electron chi connectivity index (χ3n) is 9.41. The largest absolute Gasteiger partial charge is 0.491 e. The molecule has 0 N–H and O–H groups in total. The Kier molecular flexibility index (Phi) is 9.82. The average Bonchev–Trinajstić information content (AvgIpc) is 3.86. The zero-order valence-electron chi connectivity index (χ0n) is 28.2. The van der Waals surface area contributed by atoms with E-state index in [4.69, 9.17) is 37.4 Å². The topological polar surface area (TPSA) is 118 Å². The molecule has 2 aromatic heterocycles. The second-order valence-electron chi connectivity index (χ2n) is 12.6. The number of rotatable bonds is 11. The van der Waals surface area contributed by atoms with Crippen LogP contribution in [0.4, 0.5) is 11.4 Å². The molecule has 2 aliphatic rings. The highest BCUT2D eigenvalue weighted by atomic mass is 35.5. The number of halogens is 2. The fraction of sp³-hybridized carbons (Fsp3) is 0.400. The molecule has 13 nitrogen and oxygen atoms in total. The second kappa shape index (κ2) is 14.4. The van der Waals surface area contributed by atoms with Crippen LogP contribution in [0.5, 0.6) is 5.75 Å². The van der Waals surface area contributed by atoms with Gasteiger partial charge in [-0.2, -0.15) is 5.10 Å². The number of hydrogen-bond donors (Lipinski definition) is 0. The quantitative estimate of drug-likeness (QED) is 0.184. The summed E-state index contributed by atoms with van der Waals surface area (Å²) in [5.74, 6) is 0.138. The van der Waals surface area contributed by atoms with Crippen LogP contribution in [0.3, 0.4) is 0 Å². The van der Waals surface area contributed by atoms with Gasteiger partial charge in [-0.1, -0.05) is 36.2 Å². The molecular formula is C35H39Cl2N9O4. The minimum absolute atomic E-state index is 0.0624. The SMILES string of the molecule is CC[C@@H](C)n1ncn(-c2ccc(N3CCN(c4ccc(OC[C@@H]5CO[C@@](Cc6nnnn6C)(c6ccc(Cl)cc6Cl)O5)cc4)CC3)cc2)c1=O. The Balaban J connectivity index is 0.932. The number of nitrogens with zero attached hydrogens (tertiary/aromatic N) is 9. The Morgan fingerprint density at radius 1 is 0.960 bits per heavy atom. The average molecular weight is 721 g/mol. The van der Waals surface area contributed by atoms with Crippen LogP contribution in [-0.2, 0) is 28.7 Å². The lowest BCUT2D eigenvalue weighted by Crippen LogP contribution is -2.46. The molecular weight excluding hydrogens is 681 g/mol. The van der Waals surface area contributed by atoms with Gasteiger partial charge in [-0.05, 0) is 84.4 Å². The molecule has 0 radical (unpaired) electrons. The van der Waals surface area contributed by atoms with E-state index in [0.717, 1.165) is 55.4 Å². The molecule has 5 aromatic rings. The van der Waals surface area contributed by atoms with Crippen molar-refractivity contribution < 1.29 is 14.2 Å². The fourth-order valence-corrected chi connectivity index (χ4v) is 6.89. The van der Waals surface area contributed by atoms with Gasteiger partial charge in [0.25, 0.3) is 0 Å². The van der Waals surface area contributed by atoms with E-state index in [-0.39, 0.29) is 30.9 Å². The third kappa shape index (κ3) is 6.95. The van der Waals surface area contributed by atoms with E-state index in [1.54, 1.807) is 40.8 Å². The molecule has 3 atom stereocenters. The molecule has 2 saturated heterocycles. The van der Waals surface area contributed by atoms with Gasteiger partial charge in [0, 0.05) is 55.2 Å². The van der Waals surface area contributed by atoms with E-state index < -0.39 is 5.79 Å². The Hall–Kier alpha value is -4.43. The highest BCUT2D eigenvalue weighted by molar-refractivity contribution is 6.35. The molecule has 0 aliphatic carbocycles. The minimum Gasteiger partial charge on any atom is -0.491 e. The predicted molar refractivity (Wildman–Crippen MR) is 191 cm³/mol. The maximum absolute atomic E-state index is 12.8. The molecule has 50 heavy (non-hydrogen) atoms. The molecule has 0 spiro atoms. The summed E-state index contributed by atoms with van der Waals surface area (Å²) >= 11 is 12.8. The van der Waals surface area contributed by atoms with Crippen LogP contribution in [0.1, 0.15) is 37.7 Å². The number of anilines is 2. The van der Waals surface area contributed by atoms with Crippen LogP contribution in [0.2, 0.25) is 10.0 Å². The Labute approximate surface area is 299 Å². The van der Waals surface area contributed by atoms with Crippen molar-refractivity contribution in [3.8, 4) is 11.4 Å². The summed E-state index contributed by atoms with van der Waals surface area (Å²) in [5, 5.41) is 17.1. The standard InChI is InChI=1S/C35H39Cl2N9O4/c1-4-24(2)46-34(47)45(23-38-46)28-8-6-26(7-9-28)43-15-17-44(18-16-43)27-10-12-29(13-11-27)48-21-30-22-49-35(50-30,20-33-39-40-41-42(33)3)31-14-5-25(36)19-32(31)37/h5-14,19,23-24,30H,4,15-18,20-22H2,1-3H3/t24-,30-,35-/m1/s1. The number of tetrazole rings is 1. The first-order chi connectivity index (χ1) is 24.2. The summed E-state index contributed by atoms with van der Waals surface area (Å²) in [5.41, 5.74) is 3.61. The number of ether oxygens (including phenoxy) is 3. The van der Waals surface area contributed by atoms with E-state index in [1.807, 2.05) is 38.1 Å². The van der Waals surface area contributed by atoms with Crippen molar-refractivity contribution in [1.82, 2.24) is 34.6 Å². The molecule has 0 amide bonds. The molecule has 0 bridgehead atoms. The van der Waals surface area contributed by atoms with Crippen molar-refractivity contribution in [2.45, 2.75) is 44.6 Å². The normalized spacial score (nSPS) is 20.0. The zero-order chi connectivity index (χ0) is 34.8. The van der Waals surface area contributed by atoms with Gasteiger partial charge >= 0.3 is 5.69 Å². The lowest BCUT2D eigenvalue weighted by atomic mass is 10.0. The van der Waals surface area contributed by atoms with Crippen LogP contribution in [0, 0.1) is 0 Å². The highest BCUT2D eigenvalue weighted by Crippen LogP contribution is 2.41. The van der Waals surface area contributed by atoms with Gasteiger partial charge in [0.05, 0.1) is 29.8 Å². The lowest BCUT2D eigenvalue weighted by molar-refractivity contribution is -0.179. The summed E-state index contributed by atoms with van der Waals surface area (Å²) in [6.07, 6.45) is 2.35. The first-order valence-electron chi connectivity index (χ1n) is 16.7. The summed E-state index contributed by atoms with van der Waals surface area (Å²) in [7, 11) is 1.77. The molecule has 2 aliphatic heterocycles. The molecule has 2 fully saturated rings. The summed E-state index contributed by atoms with van der Waals surface area (Å²) < 4.78 is 23.7. The van der Waals surface area contributed by atoms with Gasteiger partial charge in [-0.3, -0.25) is 0 Å². The monoisotopic (exact) mass is 719 g/mol. The van der Waals surface area contributed by atoms with Gasteiger partial charge < -0.3 is 24.0 Å². The van der Waals surface area contributed by atoms with E-state index in [9.17, 15) is 4.79 Å². The number of aryl methyl sites for hydroxylation is 1. The van der Waals surface area contributed by atoms with Gasteiger partial charge in [0.2, 0.25) is 5.79 Å². The first kappa shape index (κ1) is 34.0. The molecule has 0 saturated carbocycles. The summed E-state index contributed by atoms with van der Waals surface area (Å²) in [6, 6.07) is 21.5. The van der Waals surface area contributed by atoms with Crippen LogP contribution < -0.4 is 20.2 Å². The number of benzene rings is 3. The second-order valence-corrected chi connectivity index (χ2v) is 13.4. The molecule has 0 unspecified atom stereocenters. The number of aromatic nitrogens is 7. The first-order valence-corrected chi connectivity index (χ1v) is 17.5. The van der Waals surface area contributed by atoms with Crippen LogP contribution in [0.15, 0.2) is 77.9 Å². The molecule has 3 aromatic carbocycles. The smallest absolute Gasteiger partial charge is 0.350 e. The Bertz CT molecular complexity index is 1970. The third-order valence-corrected chi connectivity index (χ3v) is 9.96. The van der Waals surface area contributed by atoms with Gasteiger partial charge in [-0.25, -0.2) is 18.7 Å². The molecule has 15 heteroatoms. The van der Waals surface area contributed by atoms with Crippen molar-refractivity contribution in [2.75, 3.05) is 49.2 Å². The Morgan fingerprint density at radius 2 is 1.62 bits per heavy atom. The highest BCUT2D eigenvalue weighted by Gasteiger charge is 2.46. The predicted octanol–water partition coefficient (Wildman–Crippen LogP) is 5.05. The Morgan fingerprint density at radius 3 is 2.24 bits per heavy atom. The van der Waals surface area contributed by atoms with Crippen LogP contribution in [0.25, 0.3) is 5.69 Å². The summed E-state index contributed by atoms with van der Waals surface area (Å²) in [4.78, 5) is 17.5. The van der Waals surface area contributed by atoms with Crippen molar-refractivity contribution >= 4 is 34.6 Å². The maximum atomic E-state index is 12.8. The van der Waals surface area contributed by atoms with Crippen molar-refractivity contribution in [3.63, 3.8) is 0 Å². The van der Waals surface area contributed by atoms with Crippen LogP contribution >= 0.6 is 23.2 Å². The van der Waals surface area contributed by atoms with Crippen molar-refractivity contribution in [1.29, 1.82) is 0 Å². The van der Waals surface area contributed by atoms with E-state index in [0.29, 0.717) is 28.0 Å². The van der Waals surface area contributed by atoms with E-state index in [1.165, 1.54) is 4.68 Å². The number of piperazine rings is 1. The van der Waals surface area contributed by atoms with Crippen molar-refractivity contribution in [2.24, 2.45) is 7.05 Å². The number of hydrogen-bond acceptors (Lipinski definition) is 10. The lowest BCUT2D eigenvalue weighted by Gasteiger charge is -2.37. The zero-order valence-corrected chi connectivity index (χ0v) is 29.7. The van der Waals surface area contributed by atoms with Crippen molar-refractivity contribution in [3.05, 3.63) is 105 Å². The van der Waals surface area contributed by atoms with Gasteiger partial charge in [-0.15, -0.1) is 5.10 Å². The molecule has 7 rings (SSSR count). The molecule has 262 valence electrons. The van der Waals surface area contributed by atoms with Crippen LogP contribution in [-0.4, -0.2) is 80.1 Å². The summed E-state index contributed by atoms with van der Waals surface area (Å²) in [6.45, 7) is 8.16. The fourth-order valence-electron chi connectivity index (χ4n) is 6.34. The van der Waals surface area contributed by atoms with Gasteiger partial charge in [0.1, 0.15) is 24.8 Å².